The van der Waals surface area contributed by atoms with E-state index < -0.39 is 23.6 Å². The number of nitrogens with one attached hydrogen (secondary N) is 1. The van der Waals surface area contributed by atoms with Crippen molar-refractivity contribution in [3.63, 3.8) is 0 Å². The molecule has 1 N–H and O–H groups in total. The second-order valence-electron chi connectivity index (χ2n) is 4.78. The molecule has 100 valence electrons. The van der Waals surface area contributed by atoms with Crippen molar-refractivity contribution in [1.29, 1.82) is 0 Å². The topological polar surface area (TPSA) is 38.3 Å². The highest BCUT2D eigenvalue weighted by Gasteiger charge is 2.31. The van der Waals surface area contributed by atoms with Crippen molar-refractivity contribution in [3.05, 3.63) is 29.8 Å². The van der Waals surface area contributed by atoms with Gasteiger partial charge in [-0.3, -0.25) is 4.79 Å². The maximum atomic E-state index is 12.0. The second-order valence-corrected chi connectivity index (χ2v) is 4.78. The van der Waals surface area contributed by atoms with E-state index in [9.17, 15) is 18.0 Å². The SMILES string of the molecule is CC(C)(C)NC(=O)c1cccc(OC(F)(F)F)c1. The van der Waals surface area contributed by atoms with Gasteiger partial charge < -0.3 is 10.1 Å². The van der Waals surface area contributed by atoms with Crippen molar-refractivity contribution in [1.82, 2.24) is 5.32 Å². The molecule has 0 fully saturated rings. The third-order valence-electron chi connectivity index (χ3n) is 1.82. The number of ether oxygens (including phenoxy) is 1. The van der Waals surface area contributed by atoms with Crippen molar-refractivity contribution in [2.45, 2.75) is 32.7 Å². The van der Waals surface area contributed by atoms with Gasteiger partial charge in [0.25, 0.3) is 5.91 Å². The van der Waals surface area contributed by atoms with Crippen LogP contribution < -0.4 is 10.1 Å². The number of carbonyl (C=O) groups excluding carboxylic acids is 1. The molecule has 0 aliphatic rings. The molecule has 6 heteroatoms. The third kappa shape index (κ3) is 5.07. The van der Waals surface area contributed by atoms with Crippen LogP contribution in [0.5, 0.6) is 5.75 Å². The van der Waals surface area contributed by atoms with Gasteiger partial charge in [-0.15, -0.1) is 13.2 Å². The summed E-state index contributed by atoms with van der Waals surface area (Å²) in [6.07, 6.45) is -4.76. The molecule has 0 spiro atoms. The zero-order valence-corrected chi connectivity index (χ0v) is 10.3. The van der Waals surface area contributed by atoms with Gasteiger partial charge in [-0.25, -0.2) is 0 Å². The fourth-order valence-electron chi connectivity index (χ4n) is 1.25. The van der Waals surface area contributed by atoms with E-state index in [1.807, 2.05) is 0 Å². The van der Waals surface area contributed by atoms with Crippen LogP contribution in [0.3, 0.4) is 0 Å². The number of amides is 1. The van der Waals surface area contributed by atoms with Crippen LogP contribution in [0.15, 0.2) is 24.3 Å². The Labute approximate surface area is 103 Å². The molecular formula is C12H14F3NO2. The molecule has 0 atom stereocenters. The summed E-state index contributed by atoms with van der Waals surface area (Å²) in [5.74, 6) is -0.862. The largest absolute Gasteiger partial charge is 0.573 e. The average Bonchev–Trinajstić information content (AvgIpc) is 2.12. The first kappa shape index (κ1) is 14.3. The third-order valence-corrected chi connectivity index (χ3v) is 1.82. The predicted octanol–water partition coefficient (Wildman–Crippen LogP) is 3.11. The lowest BCUT2D eigenvalue weighted by Gasteiger charge is -2.20. The summed E-state index contributed by atoms with van der Waals surface area (Å²) < 4.78 is 39.8. The van der Waals surface area contributed by atoms with E-state index in [1.54, 1.807) is 20.8 Å². The highest BCUT2D eigenvalue weighted by atomic mass is 19.4. The molecule has 0 bridgehead atoms. The Morgan fingerprint density at radius 2 is 1.83 bits per heavy atom. The number of carbonyl (C=O) groups is 1. The Morgan fingerprint density at radius 3 is 2.33 bits per heavy atom. The van der Waals surface area contributed by atoms with Crippen LogP contribution in [0.25, 0.3) is 0 Å². The van der Waals surface area contributed by atoms with E-state index in [2.05, 4.69) is 10.1 Å². The van der Waals surface area contributed by atoms with Gasteiger partial charge in [-0.05, 0) is 39.0 Å². The summed E-state index contributed by atoms with van der Waals surface area (Å²) in [5, 5.41) is 2.65. The summed E-state index contributed by atoms with van der Waals surface area (Å²) in [7, 11) is 0. The standard InChI is InChI=1S/C12H14F3NO2/c1-11(2,3)16-10(17)8-5-4-6-9(7-8)18-12(13,14)15/h4-7H,1-3H3,(H,16,17). The highest BCUT2D eigenvalue weighted by molar-refractivity contribution is 5.95. The molecule has 1 aromatic carbocycles. The first-order valence-electron chi connectivity index (χ1n) is 5.25. The molecule has 1 aromatic rings. The molecule has 1 amide bonds. The van der Waals surface area contributed by atoms with Gasteiger partial charge in [-0.1, -0.05) is 6.07 Å². The fourth-order valence-corrected chi connectivity index (χ4v) is 1.25. The van der Waals surface area contributed by atoms with Crippen molar-refractivity contribution in [2.24, 2.45) is 0 Å². The first-order chi connectivity index (χ1) is 8.07. The molecule has 0 saturated carbocycles. The van der Waals surface area contributed by atoms with Gasteiger partial charge in [0.15, 0.2) is 0 Å². The van der Waals surface area contributed by atoms with Crippen molar-refractivity contribution < 1.29 is 22.7 Å². The van der Waals surface area contributed by atoms with Gasteiger partial charge in [0.05, 0.1) is 0 Å². The predicted molar refractivity (Wildman–Crippen MR) is 60.3 cm³/mol. The highest BCUT2D eigenvalue weighted by Crippen LogP contribution is 2.23. The van der Waals surface area contributed by atoms with Crippen molar-refractivity contribution >= 4 is 5.91 Å². The number of hydrogen-bond donors (Lipinski definition) is 1. The molecule has 0 radical (unpaired) electrons. The Morgan fingerprint density at radius 1 is 1.22 bits per heavy atom. The van der Waals surface area contributed by atoms with E-state index in [-0.39, 0.29) is 5.56 Å². The molecule has 3 nitrogen and oxygen atoms in total. The van der Waals surface area contributed by atoms with Crippen LogP contribution >= 0.6 is 0 Å². The van der Waals surface area contributed by atoms with Crippen LogP contribution in [-0.4, -0.2) is 17.8 Å². The lowest BCUT2D eigenvalue weighted by molar-refractivity contribution is -0.274. The Balaban J connectivity index is 2.85. The molecule has 0 aliphatic heterocycles. The maximum Gasteiger partial charge on any atom is 0.573 e. The minimum atomic E-state index is -4.76. The van der Waals surface area contributed by atoms with Crippen LogP contribution in [0.4, 0.5) is 13.2 Å². The molecule has 0 aromatic heterocycles. The molecule has 0 saturated heterocycles. The summed E-state index contributed by atoms with van der Waals surface area (Å²) in [4.78, 5) is 11.7. The lowest BCUT2D eigenvalue weighted by atomic mass is 10.1. The van der Waals surface area contributed by atoms with Crippen LogP contribution in [-0.2, 0) is 0 Å². The van der Waals surface area contributed by atoms with Crippen LogP contribution in [0.1, 0.15) is 31.1 Å². The molecule has 0 unspecified atom stereocenters. The second kappa shape index (κ2) is 4.88. The molecule has 1 rings (SSSR count). The van der Waals surface area contributed by atoms with Gasteiger partial charge in [-0.2, -0.15) is 0 Å². The normalized spacial score (nSPS) is 12.1. The van der Waals surface area contributed by atoms with E-state index in [1.165, 1.54) is 12.1 Å². The van der Waals surface area contributed by atoms with E-state index in [4.69, 9.17) is 0 Å². The number of halogens is 3. The monoisotopic (exact) mass is 261 g/mol. The van der Waals surface area contributed by atoms with E-state index in [0.29, 0.717) is 0 Å². The van der Waals surface area contributed by atoms with Crippen molar-refractivity contribution in [3.8, 4) is 5.75 Å². The average molecular weight is 261 g/mol. The number of alkyl halides is 3. The zero-order valence-electron chi connectivity index (χ0n) is 10.3. The van der Waals surface area contributed by atoms with Gasteiger partial charge >= 0.3 is 6.36 Å². The van der Waals surface area contributed by atoms with E-state index in [0.717, 1.165) is 12.1 Å². The van der Waals surface area contributed by atoms with E-state index >= 15 is 0 Å². The summed E-state index contributed by atoms with van der Waals surface area (Å²) in [5.41, 5.74) is -0.343. The Kier molecular flexibility index (Phi) is 3.88. The Hall–Kier alpha value is -1.72. The summed E-state index contributed by atoms with van der Waals surface area (Å²) in [6, 6.07) is 4.94. The van der Waals surface area contributed by atoms with Crippen molar-refractivity contribution in [2.75, 3.05) is 0 Å². The summed E-state index contributed by atoms with van der Waals surface area (Å²) >= 11 is 0. The number of hydrogen-bond acceptors (Lipinski definition) is 2. The van der Waals surface area contributed by atoms with Crippen LogP contribution in [0, 0.1) is 0 Å². The molecule has 18 heavy (non-hydrogen) atoms. The molecule has 0 heterocycles. The minimum absolute atomic E-state index is 0.117. The molecular weight excluding hydrogens is 247 g/mol. The van der Waals surface area contributed by atoms with Crippen LogP contribution in [0.2, 0.25) is 0 Å². The van der Waals surface area contributed by atoms with Gasteiger partial charge in [0, 0.05) is 11.1 Å². The Bertz CT molecular complexity index is 436. The summed E-state index contributed by atoms with van der Waals surface area (Å²) in [6.45, 7) is 5.34. The van der Waals surface area contributed by atoms with Gasteiger partial charge in [0.1, 0.15) is 5.75 Å². The number of rotatable bonds is 2. The fraction of sp³-hybridized carbons (Fsp3) is 0.417. The smallest absolute Gasteiger partial charge is 0.406 e. The number of benzene rings is 1. The first-order valence-corrected chi connectivity index (χ1v) is 5.25. The zero-order chi connectivity index (χ0) is 14.0. The quantitative estimate of drug-likeness (QED) is 0.888. The van der Waals surface area contributed by atoms with Gasteiger partial charge in [0.2, 0.25) is 0 Å². The molecule has 0 aliphatic carbocycles. The maximum absolute atomic E-state index is 12.0. The lowest BCUT2D eigenvalue weighted by Crippen LogP contribution is -2.40. The minimum Gasteiger partial charge on any atom is -0.406 e.